The molecular formula is C61H35F3N6. The lowest BCUT2D eigenvalue weighted by Crippen LogP contribution is -2.07. The average molecular weight is 909 g/mol. The summed E-state index contributed by atoms with van der Waals surface area (Å²) in [6.45, 7) is 0. The minimum absolute atomic E-state index is 0.145. The Balaban J connectivity index is 1.12. The molecule has 6 nitrogen and oxygen atoms in total. The van der Waals surface area contributed by atoms with Gasteiger partial charge in [0.25, 0.3) is 0 Å². The van der Waals surface area contributed by atoms with Crippen LogP contribution in [0.15, 0.2) is 213 Å². The summed E-state index contributed by atoms with van der Waals surface area (Å²) in [6, 6.07) is 67.5. The summed E-state index contributed by atoms with van der Waals surface area (Å²) < 4.78 is 48.4. The van der Waals surface area contributed by atoms with Gasteiger partial charge in [0.15, 0.2) is 0 Å². The van der Waals surface area contributed by atoms with Gasteiger partial charge < -0.3 is 9.13 Å². The summed E-state index contributed by atoms with van der Waals surface area (Å²) in [6.07, 6.45) is -1.18. The Morgan fingerprint density at radius 2 is 0.886 bits per heavy atom. The number of rotatable bonds is 7. The van der Waals surface area contributed by atoms with Crippen LogP contribution in [0.3, 0.4) is 0 Å². The summed E-state index contributed by atoms with van der Waals surface area (Å²) >= 11 is 0. The van der Waals surface area contributed by atoms with Gasteiger partial charge in [0, 0.05) is 61.8 Å². The van der Waals surface area contributed by atoms with Crippen molar-refractivity contribution in [2.24, 2.45) is 0 Å². The number of hydrogen-bond acceptors (Lipinski definition) is 4. The quantitative estimate of drug-likeness (QED) is 0.159. The Morgan fingerprint density at radius 3 is 1.40 bits per heavy atom. The Morgan fingerprint density at radius 1 is 0.386 bits per heavy atom. The molecule has 0 aliphatic rings. The zero-order valence-electron chi connectivity index (χ0n) is 37.0. The molecule has 0 spiro atoms. The average Bonchev–Trinajstić information content (AvgIpc) is 3.92. The van der Waals surface area contributed by atoms with Crippen molar-refractivity contribution in [3.8, 4) is 79.4 Å². The van der Waals surface area contributed by atoms with Gasteiger partial charge in [-0.15, -0.1) is 0 Å². The van der Waals surface area contributed by atoms with E-state index in [0.717, 1.165) is 101 Å². The molecule has 4 aromatic heterocycles. The molecule has 0 radical (unpaired) electrons. The van der Waals surface area contributed by atoms with E-state index in [-0.39, 0.29) is 11.1 Å². The van der Waals surface area contributed by atoms with Crippen molar-refractivity contribution >= 4 is 43.6 Å². The Hall–Kier alpha value is -9.57. The highest BCUT2D eigenvalue weighted by Crippen LogP contribution is 2.44. The fourth-order valence-corrected chi connectivity index (χ4v) is 10.0. The highest BCUT2D eigenvalue weighted by atomic mass is 19.4. The molecule has 8 aromatic carbocycles. The van der Waals surface area contributed by atoms with Gasteiger partial charge in [-0.1, -0.05) is 121 Å². The smallest absolute Gasteiger partial charge is 0.309 e. The van der Waals surface area contributed by atoms with E-state index in [2.05, 4.69) is 24.3 Å². The first-order valence-electron chi connectivity index (χ1n) is 22.6. The molecule has 0 fully saturated rings. The number of aromatic nitrogens is 4. The predicted molar refractivity (Wildman–Crippen MR) is 272 cm³/mol. The van der Waals surface area contributed by atoms with Crippen LogP contribution in [0.25, 0.3) is 111 Å². The lowest BCUT2D eigenvalue weighted by Gasteiger charge is -2.20. The van der Waals surface area contributed by atoms with Crippen LogP contribution in [0.1, 0.15) is 16.7 Å². The Bertz CT molecular complexity index is 4140. The maximum atomic E-state index is 14.8. The number of hydrogen-bond donors (Lipinski definition) is 0. The van der Waals surface area contributed by atoms with E-state index in [0.29, 0.717) is 22.5 Å². The lowest BCUT2D eigenvalue weighted by atomic mass is 9.95. The molecule has 0 atom stereocenters. The number of fused-ring (bicyclic) bond motifs is 6. The number of nitrogens with zero attached hydrogens (tertiary/aromatic N) is 6. The maximum Gasteiger partial charge on any atom is 0.416 e. The number of alkyl halides is 3. The van der Waals surface area contributed by atoms with E-state index >= 15 is 0 Å². The molecule has 0 aliphatic carbocycles. The van der Waals surface area contributed by atoms with E-state index in [4.69, 9.17) is 9.97 Å². The van der Waals surface area contributed by atoms with E-state index < -0.39 is 11.7 Å². The summed E-state index contributed by atoms with van der Waals surface area (Å²) in [7, 11) is 0. The molecule has 330 valence electrons. The Labute approximate surface area is 399 Å². The first-order valence-corrected chi connectivity index (χ1v) is 22.6. The fourth-order valence-electron chi connectivity index (χ4n) is 10.0. The normalized spacial score (nSPS) is 11.6. The summed E-state index contributed by atoms with van der Waals surface area (Å²) in [5.74, 6) is 0. The highest BCUT2D eigenvalue weighted by Gasteiger charge is 2.32. The summed E-state index contributed by atoms with van der Waals surface area (Å²) in [4.78, 5) is 9.56. The molecule has 0 amide bonds. The second kappa shape index (κ2) is 16.6. The van der Waals surface area contributed by atoms with E-state index in [9.17, 15) is 23.7 Å². The monoisotopic (exact) mass is 908 g/mol. The third-order valence-electron chi connectivity index (χ3n) is 13.1. The van der Waals surface area contributed by atoms with Crippen molar-refractivity contribution < 1.29 is 13.2 Å². The highest BCUT2D eigenvalue weighted by molar-refractivity contribution is 6.13. The third kappa shape index (κ3) is 6.96. The van der Waals surface area contributed by atoms with E-state index in [1.54, 1.807) is 24.5 Å². The topological polar surface area (TPSA) is 83.2 Å². The molecule has 0 saturated heterocycles. The standard InChI is InChI=1S/C61H35F3N6/c62-61(63,64)45-30-38(36-65)29-43(31-45)50-35-57(69-53-21-9-7-17-48(53)51-32-41(23-25-55(51)69)46-19-11-27-67-59(46)39-13-3-1-4-14-39)44(37-66)34-58(50)70-54-22-10-8-18-49(54)52-33-42(24-26-56(52)70)47-20-12-28-68-60(47)40-15-5-2-6-16-40/h1-35H. The molecule has 4 heterocycles. The molecule has 70 heavy (non-hydrogen) atoms. The van der Waals surface area contributed by atoms with Crippen molar-refractivity contribution in [3.63, 3.8) is 0 Å². The number of para-hydroxylation sites is 2. The summed E-state index contributed by atoms with van der Waals surface area (Å²) in [5, 5.41) is 25.1. The second-order valence-electron chi connectivity index (χ2n) is 17.1. The van der Waals surface area contributed by atoms with Crippen molar-refractivity contribution in [1.29, 1.82) is 10.5 Å². The van der Waals surface area contributed by atoms with Crippen molar-refractivity contribution in [2.45, 2.75) is 6.18 Å². The number of halogens is 3. The molecule has 0 aliphatic heterocycles. The van der Waals surface area contributed by atoms with Crippen molar-refractivity contribution in [1.82, 2.24) is 19.1 Å². The minimum atomic E-state index is -4.75. The van der Waals surface area contributed by atoms with Gasteiger partial charge in [-0.05, 0) is 95.6 Å². The predicted octanol–water partition coefficient (Wildman–Crippen LogP) is 15.8. The molecule has 0 unspecified atom stereocenters. The SMILES string of the molecule is N#Cc1cc(-c2cc(-n3c4ccccc4c4cc(-c5cccnc5-c5ccccc5)ccc43)c(C#N)cc2-n2c3ccccc3c3cc(-c4cccnc4-c4ccccc4)ccc32)cc(C(F)(F)F)c1. The Kier molecular flexibility index (Phi) is 9.94. The third-order valence-corrected chi connectivity index (χ3v) is 13.1. The molecule has 12 aromatic rings. The van der Waals surface area contributed by atoms with Gasteiger partial charge in [0.05, 0.1) is 67.6 Å². The van der Waals surface area contributed by atoms with Crippen LogP contribution < -0.4 is 0 Å². The van der Waals surface area contributed by atoms with Crippen LogP contribution in [-0.2, 0) is 6.18 Å². The van der Waals surface area contributed by atoms with E-state index in [1.165, 1.54) is 6.07 Å². The zero-order valence-corrected chi connectivity index (χ0v) is 37.0. The number of benzene rings is 8. The maximum absolute atomic E-state index is 14.8. The number of pyridine rings is 2. The van der Waals surface area contributed by atoms with Gasteiger partial charge in [-0.3, -0.25) is 9.97 Å². The van der Waals surface area contributed by atoms with Crippen LogP contribution in [0, 0.1) is 22.7 Å². The van der Waals surface area contributed by atoms with E-state index in [1.807, 2.05) is 167 Å². The fraction of sp³-hybridized carbons (Fsp3) is 0.0164. The summed E-state index contributed by atoms with van der Waals surface area (Å²) in [5.41, 5.74) is 11.2. The molecule has 12 rings (SSSR count). The van der Waals surface area contributed by atoms with Crippen molar-refractivity contribution in [3.05, 3.63) is 229 Å². The minimum Gasteiger partial charge on any atom is -0.309 e. The van der Waals surface area contributed by atoms with Gasteiger partial charge >= 0.3 is 6.18 Å². The molecule has 0 saturated carbocycles. The van der Waals surface area contributed by atoms with Crippen LogP contribution in [0.4, 0.5) is 13.2 Å². The van der Waals surface area contributed by atoms with Gasteiger partial charge in [-0.25, -0.2) is 0 Å². The zero-order chi connectivity index (χ0) is 47.5. The molecule has 0 bridgehead atoms. The largest absolute Gasteiger partial charge is 0.416 e. The van der Waals surface area contributed by atoms with Crippen LogP contribution in [0.2, 0.25) is 0 Å². The number of nitriles is 2. The van der Waals surface area contributed by atoms with Crippen LogP contribution >= 0.6 is 0 Å². The van der Waals surface area contributed by atoms with Crippen molar-refractivity contribution in [2.75, 3.05) is 0 Å². The first kappa shape index (κ1) is 41.8. The second-order valence-corrected chi connectivity index (χ2v) is 17.1. The molecule has 9 heteroatoms. The van der Waals surface area contributed by atoms with Gasteiger partial charge in [-0.2, -0.15) is 23.7 Å². The molecule has 0 N–H and O–H groups in total. The van der Waals surface area contributed by atoms with Gasteiger partial charge in [0.2, 0.25) is 0 Å². The van der Waals surface area contributed by atoms with Crippen LogP contribution in [0.5, 0.6) is 0 Å². The molecular weight excluding hydrogens is 874 g/mol. The van der Waals surface area contributed by atoms with Gasteiger partial charge in [0.1, 0.15) is 6.07 Å². The lowest BCUT2D eigenvalue weighted by molar-refractivity contribution is -0.137. The van der Waals surface area contributed by atoms with Crippen LogP contribution in [-0.4, -0.2) is 19.1 Å². The first-order chi connectivity index (χ1) is 34.3.